The predicted molar refractivity (Wildman–Crippen MR) is 202 cm³/mol. The third-order valence-electron chi connectivity index (χ3n) is 11.1. The normalized spacial score (nSPS) is 17.9. The first kappa shape index (κ1) is 37.0. The summed E-state index contributed by atoms with van der Waals surface area (Å²) in [6.45, 7) is 8.40. The number of aromatic nitrogens is 1. The molecule has 7 rings (SSSR count). The number of imide groups is 1. The van der Waals surface area contributed by atoms with Crippen LogP contribution in [0.25, 0.3) is 11.1 Å². The topological polar surface area (TPSA) is 132 Å². The second-order valence-electron chi connectivity index (χ2n) is 14.8. The number of ether oxygens (including phenoxy) is 1. The van der Waals surface area contributed by atoms with Gasteiger partial charge in [0.2, 0.25) is 11.8 Å². The largest absolute Gasteiger partial charge is 0.374 e. The maximum absolute atomic E-state index is 15.3. The highest BCUT2D eigenvalue weighted by molar-refractivity contribution is 6.00. The molecule has 0 radical (unpaired) electrons. The van der Waals surface area contributed by atoms with Crippen LogP contribution in [0.4, 0.5) is 21.5 Å². The van der Waals surface area contributed by atoms with Gasteiger partial charge in [0.15, 0.2) is 0 Å². The van der Waals surface area contributed by atoms with Gasteiger partial charge in [-0.2, -0.15) is 5.26 Å². The van der Waals surface area contributed by atoms with Crippen molar-refractivity contribution < 1.29 is 28.0 Å². The van der Waals surface area contributed by atoms with Crippen LogP contribution in [0, 0.1) is 37.9 Å². The lowest BCUT2D eigenvalue weighted by atomic mass is 9.97. The van der Waals surface area contributed by atoms with Crippen LogP contribution >= 0.6 is 0 Å². The monoisotopic (exact) mass is 732 g/mol. The van der Waals surface area contributed by atoms with Gasteiger partial charge in [-0.25, -0.2) is 4.39 Å². The molecule has 3 aliphatic rings. The Hall–Kier alpha value is -5.38. The molecule has 12 heteroatoms. The molecule has 3 aromatic carbocycles. The van der Waals surface area contributed by atoms with Crippen LogP contribution in [-0.4, -0.2) is 73.6 Å². The smallest absolute Gasteiger partial charge is 0.243 e. The van der Waals surface area contributed by atoms with E-state index in [9.17, 15) is 19.6 Å². The first-order chi connectivity index (χ1) is 26.0. The van der Waals surface area contributed by atoms with Gasteiger partial charge in [0.25, 0.3) is 0 Å². The summed E-state index contributed by atoms with van der Waals surface area (Å²) >= 11 is 0. The van der Waals surface area contributed by atoms with Gasteiger partial charge in [0, 0.05) is 61.7 Å². The summed E-state index contributed by atoms with van der Waals surface area (Å²) in [5.74, 6) is -0.378. The van der Waals surface area contributed by atoms with E-state index in [1.165, 1.54) is 6.07 Å². The van der Waals surface area contributed by atoms with Crippen LogP contribution in [0.5, 0.6) is 0 Å². The molecule has 2 aliphatic heterocycles. The number of nitriles is 1. The molecule has 4 aromatic rings. The van der Waals surface area contributed by atoms with Crippen LogP contribution in [0.15, 0.2) is 59.1 Å². The summed E-state index contributed by atoms with van der Waals surface area (Å²) in [6, 6.07) is 19.6. The molecule has 11 nitrogen and oxygen atoms in total. The Morgan fingerprint density at radius 3 is 2.52 bits per heavy atom. The van der Waals surface area contributed by atoms with E-state index in [0.717, 1.165) is 64.3 Å². The minimum absolute atomic E-state index is 0.0807. The lowest BCUT2D eigenvalue weighted by molar-refractivity contribution is -0.137. The van der Waals surface area contributed by atoms with Crippen molar-refractivity contribution in [3.8, 4) is 17.2 Å². The summed E-state index contributed by atoms with van der Waals surface area (Å²) in [6.07, 6.45) is 3.69. The molecule has 280 valence electrons. The Labute approximate surface area is 314 Å². The Kier molecular flexibility index (Phi) is 10.4. The number of halogens is 1. The Balaban J connectivity index is 1.01. The van der Waals surface area contributed by atoms with Crippen molar-refractivity contribution in [2.24, 2.45) is 0 Å². The number of carbonyl (C=O) groups excluding carboxylic acids is 3. The number of rotatable bonds is 14. The molecule has 0 bridgehead atoms. The molecule has 1 saturated carbocycles. The maximum atomic E-state index is 15.3. The van der Waals surface area contributed by atoms with E-state index < -0.39 is 11.9 Å². The van der Waals surface area contributed by atoms with E-state index >= 15 is 4.39 Å². The van der Waals surface area contributed by atoms with Gasteiger partial charge in [0.05, 0.1) is 35.0 Å². The first-order valence-corrected chi connectivity index (χ1v) is 18.5. The van der Waals surface area contributed by atoms with Crippen LogP contribution < -0.4 is 15.1 Å². The number of nitrogens with zero attached hydrogens (tertiary/aromatic N) is 5. The number of nitrogens with one attached hydrogen (secondary N) is 1. The van der Waals surface area contributed by atoms with E-state index in [2.05, 4.69) is 70.8 Å². The van der Waals surface area contributed by atoms with Crippen molar-refractivity contribution in [2.75, 3.05) is 43.1 Å². The lowest BCUT2D eigenvalue weighted by Gasteiger charge is -2.41. The number of carbonyl (C=O) groups is 3. The molecule has 1 atom stereocenters. The number of hydrogen-bond acceptors (Lipinski definition) is 10. The Morgan fingerprint density at radius 2 is 1.87 bits per heavy atom. The maximum Gasteiger partial charge on any atom is 0.243 e. The highest BCUT2D eigenvalue weighted by Crippen LogP contribution is 2.48. The number of aldehydes is 1. The van der Waals surface area contributed by atoms with Gasteiger partial charge in [-0.1, -0.05) is 29.4 Å². The van der Waals surface area contributed by atoms with Crippen molar-refractivity contribution in [3.05, 3.63) is 94.1 Å². The fourth-order valence-corrected chi connectivity index (χ4v) is 7.69. The SMILES string of the molecule is Cc1ccc(-c2c(C)noc2C)cc1N(CCCOC1CN(c2cc(CN(C)C3CCC(=O)NC3=O)c(C=O)cc2F)C1)c1ccc(C2(C#N)CC2)cc1. The van der Waals surface area contributed by atoms with Gasteiger partial charge in [-0.05, 0) is 106 Å². The molecular weight excluding hydrogens is 687 g/mol. The fourth-order valence-electron chi connectivity index (χ4n) is 7.69. The molecule has 1 N–H and O–H groups in total. The molecule has 0 spiro atoms. The summed E-state index contributed by atoms with van der Waals surface area (Å²) in [7, 11) is 1.76. The average molecular weight is 733 g/mol. The number of benzene rings is 3. The Morgan fingerprint density at radius 1 is 1.11 bits per heavy atom. The second kappa shape index (κ2) is 15.2. The van der Waals surface area contributed by atoms with Crippen LogP contribution in [0.2, 0.25) is 0 Å². The number of likely N-dealkylation sites (N-methyl/N-ethyl adjacent to an activating group) is 1. The molecule has 3 heterocycles. The van der Waals surface area contributed by atoms with Crippen molar-refractivity contribution >= 4 is 35.2 Å². The molecule has 1 unspecified atom stereocenters. The lowest BCUT2D eigenvalue weighted by Crippen LogP contribution is -2.53. The van der Waals surface area contributed by atoms with Gasteiger partial charge >= 0.3 is 0 Å². The third-order valence-corrected chi connectivity index (χ3v) is 11.1. The molecule has 2 saturated heterocycles. The van der Waals surface area contributed by atoms with Crippen molar-refractivity contribution in [1.82, 2.24) is 15.4 Å². The van der Waals surface area contributed by atoms with Crippen LogP contribution in [0.1, 0.15) is 70.6 Å². The van der Waals surface area contributed by atoms with E-state index in [4.69, 9.17) is 9.26 Å². The van der Waals surface area contributed by atoms with E-state index in [0.29, 0.717) is 50.2 Å². The van der Waals surface area contributed by atoms with E-state index in [1.54, 1.807) is 18.0 Å². The fraction of sp³-hybridized carbons (Fsp3) is 0.405. The van der Waals surface area contributed by atoms with Gasteiger partial charge in [-0.3, -0.25) is 24.6 Å². The number of aryl methyl sites for hydroxylation is 3. The van der Waals surface area contributed by atoms with Crippen LogP contribution in [0.3, 0.4) is 0 Å². The highest BCUT2D eigenvalue weighted by atomic mass is 19.1. The zero-order chi connectivity index (χ0) is 38.1. The molecular formula is C42H45FN6O5. The number of hydrogen-bond donors (Lipinski definition) is 1. The summed E-state index contributed by atoms with van der Waals surface area (Å²) in [5.41, 5.74) is 7.97. The highest BCUT2D eigenvalue weighted by Gasteiger charge is 2.44. The minimum Gasteiger partial charge on any atom is -0.374 e. The minimum atomic E-state index is -0.513. The summed E-state index contributed by atoms with van der Waals surface area (Å²) < 4.78 is 27.0. The standard InChI is InChI=1S/C42H45FN6O5/c1-26-6-7-29(40-27(2)46-54-28(40)3)19-37(26)49(33-10-8-32(9-11-33)42(25-44)14-15-42)16-5-17-53-34-22-48(23-34)38-20-30(31(24-50)18-35(38)43)21-47(4)36-12-13-39(51)45-41(36)52/h6-11,18-20,24,34,36H,5,12-17,21-23H2,1-4H3,(H,45,51,52). The number of amides is 2. The molecule has 54 heavy (non-hydrogen) atoms. The zero-order valence-electron chi connectivity index (χ0n) is 31.2. The van der Waals surface area contributed by atoms with E-state index in [-0.39, 0.29) is 41.9 Å². The molecule has 1 aromatic heterocycles. The van der Waals surface area contributed by atoms with E-state index in [1.807, 2.05) is 18.7 Å². The van der Waals surface area contributed by atoms with Crippen molar-refractivity contribution in [3.63, 3.8) is 0 Å². The molecule has 1 aliphatic carbocycles. The second-order valence-corrected chi connectivity index (χ2v) is 14.8. The van der Waals surface area contributed by atoms with Crippen molar-refractivity contribution in [1.29, 1.82) is 5.26 Å². The summed E-state index contributed by atoms with van der Waals surface area (Å²) in [5, 5.41) is 16.3. The van der Waals surface area contributed by atoms with Gasteiger partial charge in [-0.15, -0.1) is 0 Å². The quantitative estimate of drug-likeness (QED) is 0.0878. The van der Waals surface area contributed by atoms with Gasteiger partial charge in [0.1, 0.15) is 17.9 Å². The third kappa shape index (κ3) is 7.39. The van der Waals surface area contributed by atoms with Crippen molar-refractivity contribution in [2.45, 2.75) is 77.0 Å². The first-order valence-electron chi connectivity index (χ1n) is 18.5. The summed E-state index contributed by atoms with van der Waals surface area (Å²) in [4.78, 5) is 41.9. The Bertz CT molecular complexity index is 2090. The number of anilines is 3. The average Bonchev–Trinajstić information content (AvgIpc) is 3.87. The molecule has 3 fully saturated rings. The predicted octanol–water partition coefficient (Wildman–Crippen LogP) is 6.44. The van der Waals surface area contributed by atoms with Crippen LogP contribution in [-0.2, 0) is 26.3 Å². The van der Waals surface area contributed by atoms with Gasteiger partial charge < -0.3 is 19.1 Å². The molecule has 2 amide bonds. The zero-order valence-corrected chi connectivity index (χ0v) is 31.2. The number of piperidine rings is 1.